The van der Waals surface area contributed by atoms with Crippen LogP contribution in [0.15, 0.2) is 53.4 Å². The van der Waals surface area contributed by atoms with Crippen LogP contribution in [-0.4, -0.2) is 25.8 Å². The summed E-state index contributed by atoms with van der Waals surface area (Å²) in [6.45, 7) is 0.957. The third-order valence-corrected chi connectivity index (χ3v) is 5.48. The first-order valence-electron chi connectivity index (χ1n) is 6.53. The highest BCUT2D eigenvalue weighted by Crippen LogP contribution is 2.30. The van der Waals surface area contributed by atoms with Gasteiger partial charge in [-0.05, 0) is 18.6 Å². The Kier molecular flexibility index (Phi) is 3.23. The predicted octanol–water partition coefficient (Wildman–Crippen LogP) is 2.37. The number of nitrogens with two attached hydrogens (primary N) is 1. The summed E-state index contributed by atoms with van der Waals surface area (Å²) in [6, 6.07) is 10.6. The monoisotopic (exact) mass is 288 g/mol. The third-order valence-electron chi connectivity index (χ3n) is 3.56. The highest BCUT2D eigenvalue weighted by atomic mass is 32.2. The van der Waals surface area contributed by atoms with Gasteiger partial charge in [0, 0.05) is 29.5 Å². The van der Waals surface area contributed by atoms with Gasteiger partial charge in [0.25, 0.3) is 0 Å². The zero-order chi connectivity index (χ0) is 14.2. The van der Waals surface area contributed by atoms with E-state index in [0.717, 1.165) is 11.8 Å². The van der Waals surface area contributed by atoms with Crippen LogP contribution in [0.3, 0.4) is 0 Å². The first-order valence-corrected chi connectivity index (χ1v) is 7.97. The first kappa shape index (κ1) is 13.1. The molecule has 5 heteroatoms. The molecule has 0 radical (unpaired) electrons. The van der Waals surface area contributed by atoms with Crippen molar-refractivity contribution in [2.24, 2.45) is 0 Å². The largest absolute Gasteiger partial charge is 0.398 e. The number of rotatable bonds is 2. The van der Waals surface area contributed by atoms with Gasteiger partial charge in [-0.3, -0.25) is 0 Å². The molecular formula is C15H16N2O2S. The van der Waals surface area contributed by atoms with Crippen molar-refractivity contribution in [1.82, 2.24) is 4.31 Å². The predicted molar refractivity (Wildman–Crippen MR) is 80.9 cm³/mol. The minimum atomic E-state index is -3.48. The van der Waals surface area contributed by atoms with Gasteiger partial charge in [-0.1, -0.05) is 36.4 Å². The average molecular weight is 288 g/mol. The molecule has 0 saturated heterocycles. The Morgan fingerprint density at radius 3 is 2.45 bits per heavy atom. The molecule has 1 heterocycles. The topological polar surface area (TPSA) is 63.4 Å². The molecular weight excluding hydrogens is 272 g/mol. The summed E-state index contributed by atoms with van der Waals surface area (Å²) >= 11 is 0. The number of sulfonamides is 1. The summed E-state index contributed by atoms with van der Waals surface area (Å²) in [4.78, 5) is 0.331. The van der Waals surface area contributed by atoms with Crippen LogP contribution in [0, 0.1) is 0 Å². The minimum absolute atomic E-state index is 0.331. The van der Waals surface area contributed by atoms with E-state index in [0.29, 0.717) is 29.1 Å². The molecule has 0 bridgehead atoms. The van der Waals surface area contributed by atoms with Gasteiger partial charge in [0.15, 0.2) is 0 Å². The maximum Gasteiger partial charge on any atom is 0.243 e. The second-order valence-corrected chi connectivity index (χ2v) is 6.73. The van der Waals surface area contributed by atoms with E-state index in [9.17, 15) is 8.42 Å². The molecule has 2 N–H and O–H groups in total. The van der Waals surface area contributed by atoms with Crippen LogP contribution in [0.2, 0.25) is 0 Å². The Balaban J connectivity index is 2.19. The summed E-state index contributed by atoms with van der Waals surface area (Å²) in [6.07, 6.45) is 4.65. The molecule has 3 rings (SSSR count). The Hall–Kier alpha value is -1.85. The van der Waals surface area contributed by atoms with Crippen LogP contribution in [0.5, 0.6) is 0 Å². The highest BCUT2D eigenvalue weighted by molar-refractivity contribution is 7.89. The number of benzene rings is 2. The van der Waals surface area contributed by atoms with Gasteiger partial charge in [0.1, 0.15) is 0 Å². The Bertz CT molecular complexity index is 782. The summed E-state index contributed by atoms with van der Waals surface area (Å²) in [7, 11) is -3.48. The van der Waals surface area contributed by atoms with Crippen molar-refractivity contribution < 1.29 is 8.42 Å². The molecule has 0 fully saturated rings. The number of hydrogen-bond acceptors (Lipinski definition) is 3. The van der Waals surface area contributed by atoms with E-state index < -0.39 is 10.0 Å². The number of anilines is 1. The molecule has 0 saturated carbocycles. The highest BCUT2D eigenvalue weighted by Gasteiger charge is 2.26. The Morgan fingerprint density at radius 2 is 1.75 bits per heavy atom. The van der Waals surface area contributed by atoms with Crippen molar-refractivity contribution in [3.05, 3.63) is 48.6 Å². The van der Waals surface area contributed by atoms with E-state index in [1.165, 1.54) is 4.31 Å². The second kappa shape index (κ2) is 4.92. The van der Waals surface area contributed by atoms with Gasteiger partial charge >= 0.3 is 0 Å². The molecule has 2 aromatic carbocycles. The van der Waals surface area contributed by atoms with E-state index in [1.54, 1.807) is 18.2 Å². The van der Waals surface area contributed by atoms with E-state index >= 15 is 0 Å². The SMILES string of the molecule is Nc1ccc(S(=O)(=O)N2CC=CCC2)c2ccccc12. The molecule has 0 aliphatic carbocycles. The van der Waals surface area contributed by atoms with Crippen molar-refractivity contribution in [2.75, 3.05) is 18.8 Å². The lowest BCUT2D eigenvalue weighted by molar-refractivity contribution is 0.438. The summed E-state index contributed by atoms with van der Waals surface area (Å²) < 4.78 is 27.0. The van der Waals surface area contributed by atoms with Crippen molar-refractivity contribution in [3.63, 3.8) is 0 Å². The maximum absolute atomic E-state index is 12.8. The number of hydrogen-bond donors (Lipinski definition) is 1. The summed E-state index contributed by atoms with van der Waals surface area (Å²) in [5.74, 6) is 0. The third kappa shape index (κ3) is 2.09. The molecule has 1 aliphatic rings. The van der Waals surface area contributed by atoms with Crippen LogP contribution in [0.4, 0.5) is 5.69 Å². The molecule has 104 valence electrons. The van der Waals surface area contributed by atoms with Crippen LogP contribution < -0.4 is 5.73 Å². The van der Waals surface area contributed by atoms with Gasteiger partial charge < -0.3 is 5.73 Å². The lowest BCUT2D eigenvalue weighted by Crippen LogP contribution is -2.33. The van der Waals surface area contributed by atoms with E-state index in [4.69, 9.17) is 5.73 Å². The van der Waals surface area contributed by atoms with E-state index in [-0.39, 0.29) is 0 Å². The van der Waals surface area contributed by atoms with Gasteiger partial charge in [-0.15, -0.1) is 0 Å². The van der Waals surface area contributed by atoms with Crippen molar-refractivity contribution in [3.8, 4) is 0 Å². The molecule has 2 aromatic rings. The molecule has 1 aliphatic heterocycles. The fourth-order valence-electron chi connectivity index (χ4n) is 2.50. The zero-order valence-electron chi connectivity index (χ0n) is 11.0. The zero-order valence-corrected chi connectivity index (χ0v) is 11.8. The maximum atomic E-state index is 12.8. The Morgan fingerprint density at radius 1 is 1.00 bits per heavy atom. The lowest BCUT2D eigenvalue weighted by atomic mass is 10.1. The van der Waals surface area contributed by atoms with Crippen molar-refractivity contribution >= 4 is 26.5 Å². The Labute approximate surface area is 118 Å². The molecule has 0 aromatic heterocycles. The number of nitrogen functional groups attached to an aromatic ring is 1. The second-order valence-electron chi connectivity index (χ2n) is 4.82. The fourth-order valence-corrected chi connectivity index (χ4v) is 4.10. The van der Waals surface area contributed by atoms with Gasteiger partial charge in [-0.25, -0.2) is 8.42 Å². The average Bonchev–Trinajstić information content (AvgIpc) is 2.48. The molecule has 0 unspecified atom stereocenters. The molecule has 20 heavy (non-hydrogen) atoms. The number of nitrogens with zero attached hydrogens (tertiary/aromatic N) is 1. The van der Waals surface area contributed by atoms with E-state index in [2.05, 4.69) is 0 Å². The molecule has 4 nitrogen and oxygen atoms in total. The first-order chi connectivity index (χ1) is 9.60. The standard InChI is InChI=1S/C15H16N2O2S/c16-14-8-9-15(13-7-3-2-6-12(13)14)20(18,19)17-10-4-1-5-11-17/h1-4,6-9H,5,10-11,16H2. The summed E-state index contributed by atoms with van der Waals surface area (Å²) in [5.41, 5.74) is 6.52. The molecule has 0 spiro atoms. The quantitative estimate of drug-likeness (QED) is 0.681. The van der Waals surface area contributed by atoms with Crippen molar-refractivity contribution in [1.29, 1.82) is 0 Å². The summed E-state index contributed by atoms with van der Waals surface area (Å²) in [5, 5.41) is 1.46. The van der Waals surface area contributed by atoms with Crippen molar-refractivity contribution in [2.45, 2.75) is 11.3 Å². The van der Waals surface area contributed by atoms with Crippen LogP contribution in [0.1, 0.15) is 6.42 Å². The van der Waals surface area contributed by atoms with Gasteiger partial charge in [-0.2, -0.15) is 4.31 Å². The van der Waals surface area contributed by atoms with E-state index in [1.807, 2.05) is 30.4 Å². The normalized spacial score (nSPS) is 16.6. The van der Waals surface area contributed by atoms with Gasteiger partial charge in [0.05, 0.1) is 4.90 Å². The molecule has 0 amide bonds. The fraction of sp³-hybridized carbons (Fsp3) is 0.200. The van der Waals surface area contributed by atoms with Crippen LogP contribution in [0.25, 0.3) is 10.8 Å². The molecule has 0 atom stereocenters. The lowest BCUT2D eigenvalue weighted by Gasteiger charge is -2.23. The van der Waals surface area contributed by atoms with Crippen LogP contribution in [-0.2, 0) is 10.0 Å². The van der Waals surface area contributed by atoms with Gasteiger partial charge in [0.2, 0.25) is 10.0 Å². The number of fused-ring (bicyclic) bond motifs is 1. The minimum Gasteiger partial charge on any atom is -0.398 e. The smallest absolute Gasteiger partial charge is 0.243 e. The van der Waals surface area contributed by atoms with Crippen LogP contribution >= 0.6 is 0 Å².